The van der Waals surface area contributed by atoms with Crippen LogP contribution in [0.1, 0.15) is 42.7 Å². The molecule has 208 valence electrons. The lowest BCUT2D eigenvalue weighted by molar-refractivity contribution is -0.0972. The molecule has 2 bridgehead atoms. The van der Waals surface area contributed by atoms with Crippen molar-refractivity contribution < 1.29 is 18.3 Å². The number of rotatable bonds is 8. The number of ether oxygens (including phenoxy) is 1. The number of anilines is 1. The molecule has 3 unspecified atom stereocenters. The Labute approximate surface area is 234 Å². The highest BCUT2D eigenvalue weighted by atomic mass is 32.2. The van der Waals surface area contributed by atoms with Gasteiger partial charge in [0.2, 0.25) is 10.0 Å². The van der Waals surface area contributed by atoms with E-state index in [1.54, 1.807) is 29.0 Å². The van der Waals surface area contributed by atoms with Crippen molar-refractivity contribution in [2.75, 3.05) is 24.6 Å². The Bertz CT molecular complexity index is 1560. The van der Waals surface area contributed by atoms with E-state index in [1.165, 1.54) is 6.20 Å². The number of benzene rings is 1. The molecule has 1 N–H and O–H groups in total. The summed E-state index contributed by atoms with van der Waals surface area (Å²) < 4.78 is 36.1. The summed E-state index contributed by atoms with van der Waals surface area (Å²) in [4.78, 5) is 6.90. The zero-order chi connectivity index (χ0) is 28.1. The first-order valence-electron chi connectivity index (χ1n) is 13.3. The van der Waals surface area contributed by atoms with Gasteiger partial charge >= 0.3 is 0 Å². The Morgan fingerprint density at radius 1 is 1.15 bits per heavy atom. The number of hydrogen-bond acceptors (Lipinski definition) is 8. The van der Waals surface area contributed by atoms with E-state index in [2.05, 4.69) is 16.1 Å². The standard InChI is InChI=1S/C29H32N6O4S/c1-28(2,36)20-39-29(11-10-26-22(13-30)14-32-34(26)19-29)23-8-9-27(31-15-23)33-16-24-12-25(17-33)35(24)40(37,38)18-21-6-4-3-5-7-21/h3-11,14-15,24-25,36H,12,16-20H2,1-2H3. The maximum atomic E-state index is 13.2. The van der Waals surface area contributed by atoms with Crippen molar-refractivity contribution in [2.45, 2.75) is 55.9 Å². The van der Waals surface area contributed by atoms with E-state index in [-0.39, 0.29) is 24.4 Å². The summed E-state index contributed by atoms with van der Waals surface area (Å²) in [5, 5.41) is 24.1. The number of aromatic nitrogens is 3. The predicted octanol–water partition coefficient (Wildman–Crippen LogP) is 2.65. The molecule has 1 aromatic carbocycles. The number of fused-ring (bicyclic) bond motifs is 3. The fourth-order valence-corrected chi connectivity index (χ4v) is 7.82. The van der Waals surface area contributed by atoms with Gasteiger partial charge in [-0.3, -0.25) is 4.68 Å². The van der Waals surface area contributed by atoms with Crippen molar-refractivity contribution >= 4 is 21.9 Å². The van der Waals surface area contributed by atoms with Gasteiger partial charge in [-0.2, -0.15) is 14.7 Å². The fourth-order valence-electron chi connectivity index (χ4n) is 5.84. The summed E-state index contributed by atoms with van der Waals surface area (Å²) in [6, 6.07) is 15.2. The fraction of sp³-hybridized carbons (Fsp3) is 0.414. The number of nitriles is 1. The Morgan fingerprint density at radius 2 is 1.90 bits per heavy atom. The van der Waals surface area contributed by atoms with Crippen molar-refractivity contribution in [3.8, 4) is 6.07 Å². The van der Waals surface area contributed by atoms with Gasteiger partial charge in [0.05, 0.1) is 42.0 Å². The van der Waals surface area contributed by atoms with Crippen LogP contribution in [0.2, 0.25) is 0 Å². The number of sulfonamides is 1. The molecular formula is C29H32N6O4S. The van der Waals surface area contributed by atoms with Gasteiger partial charge < -0.3 is 14.7 Å². The van der Waals surface area contributed by atoms with Gasteiger partial charge in [0.25, 0.3) is 0 Å². The molecule has 11 heteroatoms. The molecule has 3 saturated heterocycles. The van der Waals surface area contributed by atoms with Crippen LogP contribution >= 0.6 is 0 Å². The van der Waals surface area contributed by atoms with Gasteiger partial charge in [-0.05, 0) is 44.1 Å². The van der Waals surface area contributed by atoms with Crippen molar-refractivity contribution in [2.24, 2.45) is 0 Å². The first-order valence-corrected chi connectivity index (χ1v) is 15.0. The van der Waals surface area contributed by atoms with Gasteiger partial charge in [0.1, 0.15) is 17.5 Å². The lowest BCUT2D eigenvalue weighted by Crippen LogP contribution is -2.70. The number of piperazine rings is 1. The number of hydrogen-bond donors (Lipinski definition) is 1. The van der Waals surface area contributed by atoms with Crippen LogP contribution < -0.4 is 4.90 Å². The molecule has 2 aromatic heterocycles. The third-order valence-electron chi connectivity index (χ3n) is 7.78. The predicted molar refractivity (Wildman–Crippen MR) is 149 cm³/mol. The largest absolute Gasteiger partial charge is 0.388 e. The molecule has 6 heterocycles. The zero-order valence-corrected chi connectivity index (χ0v) is 23.3. The van der Waals surface area contributed by atoms with Crippen LogP contribution in [-0.4, -0.2) is 70.0 Å². The highest BCUT2D eigenvalue weighted by Gasteiger charge is 2.51. The first-order chi connectivity index (χ1) is 19.1. The van der Waals surface area contributed by atoms with E-state index in [4.69, 9.17) is 9.72 Å². The van der Waals surface area contributed by atoms with Crippen molar-refractivity contribution in [3.63, 3.8) is 0 Å². The minimum absolute atomic E-state index is 0.0157. The summed E-state index contributed by atoms with van der Waals surface area (Å²) >= 11 is 0. The smallest absolute Gasteiger partial charge is 0.218 e. The number of pyridine rings is 1. The molecule has 3 aromatic rings. The van der Waals surface area contributed by atoms with E-state index in [0.29, 0.717) is 30.9 Å². The molecule has 0 radical (unpaired) electrons. The van der Waals surface area contributed by atoms with Crippen LogP contribution in [0.4, 0.5) is 5.82 Å². The molecule has 0 spiro atoms. The van der Waals surface area contributed by atoms with Gasteiger partial charge in [-0.1, -0.05) is 36.4 Å². The lowest BCUT2D eigenvalue weighted by Gasteiger charge is -2.55. The molecule has 0 aliphatic carbocycles. The zero-order valence-electron chi connectivity index (χ0n) is 22.5. The highest BCUT2D eigenvalue weighted by Crippen LogP contribution is 2.39. The van der Waals surface area contributed by atoms with Crippen LogP contribution in [0, 0.1) is 11.3 Å². The molecule has 7 rings (SSSR count). The quantitative estimate of drug-likeness (QED) is 0.446. The molecule has 10 nitrogen and oxygen atoms in total. The minimum Gasteiger partial charge on any atom is -0.388 e. The van der Waals surface area contributed by atoms with Crippen LogP contribution in [0.5, 0.6) is 0 Å². The Morgan fingerprint density at radius 3 is 2.55 bits per heavy atom. The molecule has 4 aliphatic heterocycles. The summed E-state index contributed by atoms with van der Waals surface area (Å²) in [5.74, 6) is 0.796. The van der Waals surface area contributed by atoms with Gasteiger partial charge in [-0.25, -0.2) is 13.4 Å². The van der Waals surface area contributed by atoms with Gasteiger partial charge in [0.15, 0.2) is 0 Å². The van der Waals surface area contributed by atoms with Gasteiger partial charge in [-0.15, -0.1) is 0 Å². The Balaban J connectivity index is 1.19. The monoisotopic (exact) mass is 560 g/mol. The van der Waals surface area contributed by atoms with Crippen LogP contribution in [0.3, 0.4) is 0 Å². The average Bonchev–Trinajstić information content (AvgIpc) is 3.34. The van der Waals surface area contributed by atoms with Gasteiger partial charge in [0, 0.05) is 36.9 Å². The maximum absolute atomic E-state index is 13.2. The molecule has 3 fully saturated rings. The second kappa shape index (κ2) is 9.82. The van der Waals surface area contributed by atoms with Crippen LogP contribution in [-0.2, 0) is 32.7 Å². The summed E-state index contributed by atoms with van der Waals surface area (Å²) in [7, 11) is -3.40. The molecule has 40 heavy (non-hydrogen) atoms. The second-order valence-electron chi connectivity index (χ2n) is 11.5. The van der Waals surface area contributed by atoms with E-state index in [0.717, 1.165) is 23.4 Å². The van der Waals surface area contributed by atoms with Crippen molar-refractivity contribution in [3.05, 3.63) is 83.3 Å². The normalized spacial score (nSPS) is 24.3. The van der Waals surface area contributed by atoms with Crippen molar-refractivity contribution in [1.82, 2.24) is 19.1 Å². The summed E-state index contributed by atoms with van der Waals surface area (Å²) in [5.41, 5.74) is 0.829. The molecule has 4 aliphatic rings. The van der Waals surface area contributed by atoms with Crippen molar-refractivity contribution in [1.29, 1.82) is 5.26 Å². The molecule has 0 saturated carbocycles. The topological polar surface area (TPSA) is 125 Å². The number of piperidine rings is 1. The third-order valence-corrected chi connectivity index (χ3v) is 9.72. The molecular weight excluding hydrogens is 528 g/mol. The Hall–Kier alpha value is -3.56. The number of nitrogens with zero attached hydrogens (tertiary/aromatic N) is 6. The summed E-state index contributed by atoms with van der Waals surface area (Å²) in [6.45, 7) is 4.97. The number of aliphatic hydroxyl groups is 1. The Kier molecular flexibility index (Phi) is 6.54. The second-order valence-corrected chi connectivity index (χ2v) is 13.3. The van der Waals surface area contributed by atoms with E-state index in [9.17, 15) is 18.8 Å². The average molecular weight is 561 g/mol. The SMILES string of the molecule is CC(C)(O)COC1(c2ccc(N3CC4CC(C3)N4S(=O)(=O)Cc3ccccc3)nc2)C=Cc2c(C#N)cnn2C1. The third kappa shape index (κ3) is 4.92. The highest BCUT2D eigenvalue weighted by molar-refractivity contribution is 7.88. The van der Waals surface area contributed by atoms with Crippen LogP contribution in [0.15, 0.2) is 60.9 Å². The minimum atomic E-state index is -3.40. The summed E-state index contributed by atoms with van der Waals surface area (Å²) in [6.07, 6.45) is 7.90. The lowest BCUT2D eigenvalue weighted by atomic mass is 9.90. The molecule has 0 amide bonds. The maximum Gasteiger partial charge on any atom is 0.218 e. The van der Waals surface area contributed by atoms with E-state index < -0.39 is 21.2 Å². The van der Waals surface area contributed by atoms with Crippen LogP contribution in [0.25, 0.3) is 6.08 Å². The molecule has 3 atom stereocenters. The first kappa shape index (κ1) is 26.7. The van der Waals surface area contributed by atoms with E-state index in [1.807, 2.05) is 54.6 Å². The van der Waals surface area contributed by atoms with E-state index >= 15 is 0 Å².